The summed E-state index contributed by atoms with van der Waals surface area (Å²) in [6, 6.07) is 10.6. The summed E-state index contributed by atoms with van der Waals surface area (Å²) in [5.41, 5.74) is 0.932. The van der Waals surface area contributed by atoms with Gasteiger partial charge in [-0.1, -0.05) is 58.0 Å². The summed E-state index contributed by atoms with van der Waals surface area (Å²) < 4.78 is 10.3. The molecule has 1 fully saturated rings. The van der Waals surface area contributed by atoms with E-state index in [0.29, 0.717) is 6.47 Å². The Morgan fingerprint density at radius 2 is 1.60 bits per heavy atom. The molecule has 0 N–H and O–H groups in total. The van der Waals surface area contributed by atoms with Crippen LogP contribution < -0.4 is 0 Å². The molecule has 1 aromatic carbocycles. The number of benzene rings is 1. The van der Waals surface area contributed by atoms with Gasteiger partial charge in [0.25, 0.3) is 6.47 Å². The third-order valence-electron chi connectivity index (χ3n) is 4.19. The second-order valence-corrected chi connectivity index (χ2v) is 7.86. The van der Waals surface area contributed by atoms with E-state index in [1.165, 1.54) is 12.7 Å². The average molecular weight is 426 g/mol. The molecule has 1 heterocycles. The van der Waals surface area contributed by atoms with E-state index < -0.39 is 5.60 Å². The molecule has 0 saturated carbocycles. The molecule has 174 valence electrons. The van der Waals surface area contributed by atoms with Gasteiger partial charge in [0, 0.05) is 18.5 Å². The maximum Gasteiger partial charge on any atom is 0.410 e. The van der Waals surface area contributed by atoms with Gasteiger partial charge < -0.3 is 18.9 Å². The Morgan fingerprint density at radius 1 is 1.07 bits per heavy atom. The topological polar surface area (TPSA) is 55.8 Å². The van der Waals surface area contributed by atoms with Gasteiger partial charge in [-0.3, -0.25) is 4.79 Å². The van der Waals surface area contributed by atoms with Crippen molar-refractivity contribution in [3.05, 3.63) is 35.9 Å². The molecule has 1 aliphatic rings. The number of amides is 1. The molecule has 1 unspecified atom stereocenters. The molecule has 0 radical (unpaired) electrons. The van der Waals surface area contributed by atoms with Crippen LogP contribution in [-0.2, 0) is 20.8 Å². The second kappa shape index (κ2) is 16.7. The fourth-order valence-electron chi connectivity index (χ4n) is 2.92. The van der Waals surface area contributed by atoms with Crippen molar-refractivity contribution in [1.29, 1.82) is 0 Å². The highest BCUT2D eigenvalue weighted by Crippen LogP contribution is 2.18. The molecule has 1 atom stereocenters. The first-order chi connectivity index (χ1) is 14.2. The number of hydrogen-bond donors (Lipinski definition) is 0. The second-order valence-electron chi connectivity index (χ2n) is 7.86. The lowest BCUT2D eigenvalue weighted by molar-refractivity contribution is -0.920. The normalized spacial score (nSPS) is 18.0. The first kappa shape index (κ1) is 30.1. The number of methoxy groups -OCH3 is 1. The highest BCUT2D eigenvalue weighted by molar-refractivity contribution is 5.68. The summed E-state index contributed by atoms with van der Waals surface area (Å²) in [5, 5.41) is 0. The van der Waals surface area contributed by atoms with Gasteiger partial charge in [-0.25, -0.2) is 4.79 Å². The number of hydrogen-bond acceptors (Lipinski definition) is 4. The number of rotatable bonds is 3. The summed E-state index contributed by atoms with van der Waals surface area (Å²) in [7, 11) is 3.60. The lowest BCUT2D eigenvalue weighted by Crippen LogP contribution is -2.46. The van der Waals surface area contributed by atoms with Crippen LogP contribution in [0.2, 0.25) is 0 Å². The molecular weight excluding hydrogens is 380 g/mol. The van der Waals surface area contributed by atoms with Gasteiger partial charge in [-0.2, -0.15) is 0 Å². The third-order valence-corrected chi connectivity index (χ3v) is 4.19. The molecule has 0 bridgehead atoms. The zero-order chi connectivity index (χ0) is 23.6. The molecule has 1 amide bonds. The minimum atomic E-state index is -0.425. The molecule has 2 rings (SSSR count). The molecule has 6 nitrogen and oxygen atoms in total. The number of nitrogens with zero attached hydrogens (tertiary/aromatic N) is 2. The van der Waals surface area contributed by atoms with Crippen molar-refractivity contribution in [2.24, 2.45) is 0 Å². The van der Waals surface area contributed by atoms with E-state index in [0.717, 1.165) is 43.6 Å². The third kappa shape index (κ3) is 14.0. The SMILES string of the molecule is CC.CC.CC(C)(C)OC(=O)N1CCC[N+](C)(Cc2ccccc2)CC1.COC=O. The van der Waals surface area contributed by atoms with Crippen molar-refractivity contribution in [3.63, 3.8) is 0 Å². The Hall–Kier alpha value is -2.08. The molecule has 0 aromatic heterocycles. The summed E-state index contributed by atoms with van der Waals surface area (Å²) in [4.78, 5) is 23.0. The molecule has 0 aliphatic carbocycles. The first-order valence-electron chi connectivity index (χ1n) is 11.0. The lowest BCUT2D eigenvalue weighted by atomic mass is 10.2. The number of carbonyl (C=O) groups excluding carboxylic acids is 2. The largest absolute Gasteiger partial charge is 0.471 e. The van der Waals surface area contributed by atoms with Crippen LogP contribution >= 0.6 is 0 Å². The van der Waals surface area contributed by atoms with Crippen LogP contribution in [0.3, 0.4) is 0 Å². The summed E-state index contributed by atoms with van der Waals surface area (Å²) in [6.45, 7) is 18.7. The molecule has 30 heavy (non-hydrogen) atoms. The predicted molar refractivity (Wildman–Crippen MR) is 124 cm³/mol. The van der Waals surface area contributed by atoms with Crippen LogP contribution in [0.1, 0.15) is 60.5 Å². The van der Waals surface area contributed by atoms with Crippen molar-refractivity contribution in [2.45, 2.75) is 67.0 Å². The monoisotopic (exact) mass is 425 g/mol. The van der Waals surface area contributed by atoms with Gasteiger partial charge in [0.05, 0.1) is 33.8 Å². The van der Waals surface area contributed by atoms with Crippen molar-refractivity contribution in [1.82, 2.24) is 4.90 Å². The van der Waals surface area contributed by atoms with Crippen LogP contribution in [-0.4, -0.2) is 67.9 Å². The van der Waals surface area contributed by atoms with Gasteiger partial charge in [0.15, 0.2) is 0 Å². The van der Waals surface area contributed by atoms with Gasteiger partial charge in [-0.15, -0.1) is 0 Å². The molecule has 1 aliphatic heterocycles. The van der Waals surface area contributed by atoms with Crippen molar-refractivity contribution in [2.75, 3.05) is 40.3 Å². The highest BCUT2D eigenvalue weighted by atomic mass is 16.6. The maximum atomic E-state index is 12.2. The smallest absolute Gasteiger partial charge is 0.410 e. The van der Waals surface area contributed by atoms with Crippen LogP contribution in [0, 0.1) is 0 Å². The number of quaternary nitrogens is 1. The van der Waals surface area contributed by atoms with E-state index in [1.807, 2.05) is 53.4 Å². The van der Waals surface area contributed by atoms with Crippen LogP contribution in [0.15, 0.2) is 30.3 Å². The minimum absolute atomic E-state index is 0.180. The van der Waals surface area contributed by atoms with E-state index in [1.54, 1.807) is 0 Å². The fraction of sp³-hybridized carbons (Fsp3) is 0.667. The van der Waals surface area contributed by atoms with Gasteiger partial charge >= 0.3 is 6.09 Å². The van der Waals surface area contributed by atoms with E-state index in [9.17, 15) is 4.79 Å². The van der Waals surface area contributed by atoms with Gasteiger partial charge in [0.1, 0.15) is 12.1 Å². The maximum absolute atomic E-state index is 12.2. The van der Waals surface area contributed by atoms with Gasteiger partial charge in [-0.05, 0) is 20.8 Å². The van der Waals surface area contributed by atoms with E-state index in [-0.39, 0.29) is 6.09 Å². The van der Waals surface area contributed by atoms with Crippen LogP contribution in [0.25, 0.3) is 0 Å². The molecular formula is C24H45N2O4+. The summed E-state index contributed by atoms with van der Waals surface area (Å²) in [6.07, 6.45) is 0.837. The predicted octanol–water partition coefficient (Wildman–Crippen LogP) is 5.12. The van der Waals surface area contributed by atoms with Crippen molar-refractivity contribution < 1.29 is 23.5 Å². The van der Waals surface area contributed by atoms with E-state index in [4.69, 9.17) is 9.53 Å². The Morgan fingerprint density at radius 3 is 2.07 bits per heavy atom. The molecule has 1 saturated heterocycles. The number of ether oxygens (including phenoxy) is 2. The van der Waals surface area contributed by atoms with Crippen molar-refractivity contribution in [3.8, 4) is 0 Å². The molecule has 1 aromatic rings. The Balaban J connectivity index is 0. The van der Waals surface area contributed by atoms with Crippen molar-refractivity contribution >= 4 is 12.6 Å². The van der Waals surface area contributed by atoms with E-state index >= 15 is 0 Å². The molecule has 0 spiro atoms. The average Bonchev–Trinajstić information content (AvgIpc) is 2.92. The Kier molecular flexibility index (Phi) is 16.8. The lowest BCUT2D eigenvalue weighted by Gasteiger charge is -2.33. The number of likely N-dealkylation sites (N-methyl/N-ethyl adjacent to an activating group) is 1. The zero-order valence-electron chi connectivity index (χ0n) is 20.7. The highest BCUT2D eigenvalue weighted by Gasteiger charge is 2.30. The Labute approximate surface area is 184 Å². The first-order valence-corrected chi connectivity index (χ1v) is 11.0. The quantitative estimate of drug-likeness (QED) is 0.498. The minimum Gasteiger partial charge on any atom is -0.471 e. The Bertz CT molecular complexity index is 558. The standard InChI is InChI=1S/C18H29N2O2.C2H4O2.2C2H6/c1-18(2,3)22-17(21)19-11-8-13-20(4,14-12-19)15-16-9-6-5-7-10-16;1-4-2-3;2*1-2/h5-7,9-10H,8,11-15H2,1-4H3;2H,1H3;2*1-2H3/q+1;;;. The number of carbonyl (C=O) groups is 2. The summed E-state index contributed by atoms with van der Waals surface area (Å²) >= 11 is 0. The zero-order valence-corrected chi connectivity index (χ0v) is 20.7. The van der Waals surface area contributed by atoms with Crippen LogP contribution in [0.5, 0.6) is 0 Å². The van der Waals surface area contributed by atoms with Crippen LogP contribution in [0.4, 0.5) is 4.79 Å². The van der Waals surface area contributed by atoms with Gasteiger partial charge in [0.2, 0.25) is 0 Å². The summed E-state index contributed by atoms with van der Waals surface area (Å²) in [5.74, 6) is 0. The molecule has 6 heteroatoms. The van der Waals surface area contributed by atoms with E-state index in [2.05, 4.69) is 42.1 Å². The fourth-order valence-corrected chi connectivity index (χ4v) is 2.92.